The molecule has 1 fully saturated rings. The second-order valence-electron chi connectivity index (χ2n) is 7.50. The van der Waals surface area contributed by atoms with Crippen LogP contribution in [0.4, 0.5) is 4.79 Å². The molecular formula is C19H23BrN2O3. The number of likely N-dealkylation sites (tertiary alicyclic amines) is 1. The number of nitrogens with zero attached hydrogens (tertiary/aromatic N) is 2. The Balaban J connectivity index is 1.71. The first-order valence-corrected chi connectivity index (χ1v) is 9.21. The Kier molecular flexibility index (Phi) is 5.02. The number of rotatable bonds is 2. The van der Waals surface area contributed by atoms with Gasteiger partial charge in [0.25, 0.3) is 0 Å². The number of carbonyl (C=O) groups is 1. The van der Waals surface area contributed by atoms with Crippen LogP contribution in [-0.2, 0) is 4.74 Å². The molecule has 6 heteroatoms. The van der Waals surface area contributed by atoms with E-state index in [1.807, 2.05) is 51.2 Å². The Morgan fingerprint density at radius 3 is 2.64 bits per heavy atom. The third kappa shape index (κ3) is 4.30. The van der Waals surface area contributed by atoms with Gasteiger partial charge in [0.15, 0.2) is 0 Å². The van der Waals surface area contributed by atoms with Crippen LogP contribution in [0.1, 0.15) is 39.2 Å². The van der Waals surface area contributed by atoms with Crippen LogP contribution >= 0.6 is 15.9 Å². The van der Waals surface area contributed by atoms with Crippen LogP contribution in [0, 0.1) is 0 Å². The van der Waals surface area contributed by atoms with Gasteiger partial charge >= 0.3 is 6.09 Å². The summed E-state index contributed by atoms with van der Waals surface area (Å²) in [6, 6.07) is 7.88. The van der Waals surface area contributed by atoms with Gasteiger partial charge in [0, 0.05) is 29.2 Å². The number of aliphatic hydroxyl groups is 1. The molecule has 1 aromatic rings. The quantitative estimate of drug-likeness (QED) is 0.806. The van der Waals surface area contributed by atoms with Gasteiger partial charge in [-0.1, -0.05) is 28.1 Å². The molecule has 1 N–H and O–H groups in total. The van der Waals surface area contributed by atoms with Crippen molar-refractivity contribution in [2.45, 2.75) is 51.4 Å². The van der Waals surface area contributed by atoms with Crippen LogP contribution < -0.4 is 0 Å². The standard InChI is InChI=1S/C19H23BrN2O3/c1-19(2,3)25-18(24)22-11-15(23)9-17(22)16-8-13(10-21-16)12-4-6-14(20)7-5-12/h4-7,10,15,17,23H,8-9,11H2,1-3H3/t15?,17-/m0/s1. The molecule has 5 nitrogen and oxygen atoms in total. The fraction of sp³-hybridized carbons (Fsp3) is 0.474. The molecule has 0 spiro atoms. The maximum Gasteiger partial charge on any atom is 0.410 e. The van der Waals surface area contributed by atoms with E-state index in [0.29, 0.717) is 12.8 Å². The first-order chi connectivity index (χ1) is 11.7. The van der Waals surface area contributed by atoms with Crippen LogP contribution in [0.3, 0.4) is 0 Å². The van der Waals surface area contributed by atoms with Crippen molar-refractivity contribution in [1.82, 2.24) is 4.90 Å². The number of carbonyl (C=O) groups excluding carboxylic acids is 1. The summed E-state index contributed by atoms with van der Waals surface area (Å²) >= 11 is 3.44. The number of halogens is 1. The molecule has 2 aliphatic rings. The van der Waals surface area contributed by atoms with Crippen LogP contribution in [0.5, 0.6) is 0 Å². The molecule has 1 amide bonds. The van der Waals surface area contributed by atoms with Gasteiger partial charge in [0.05, 0.1) is 18.7 Å². The molecule has 0 bridgehead atoms. The smallest absolute Gasteiger partial charge is 0.410 e. The Labute approximate surface area is 156 Å². The normalized spacial score (nSPS) is 23.5. The van der Waals surface area contributed by atoms with Gasteiger partial charge in [-0.3, -0.25) is 9.89 Å². The highest BCUT2D eigenvalue weighted by molar-refractivity contribution is 9.10. The van der Waals surface area contributed by atoms with Crippen molar-refractivity contribution in [3.05, 3.63) is 40.5 Å². The molecule has 0 aliphatic carbocycles. The van der Waals surface area contributed by atoms with Gasteiger partial charge in [0.2, 0.25) is 0 Å². The highest BCUT2D eigenvalue weighted by Gasteiger charge is 2.40. The summed E-state index contributed by atoms with van der Waals surface area (Å²) in [7, 11) is 0. The van der Waals surface area contributed by atoms with E-state index in [0.717, 1.165) is 21.3 Å². The van der Waals surface area contributed by atoms with E-state index >= 15 is 0 Å². The van der Waals surface area contributed by atoms with E-state index in [2.05, 4.69) is 20.9 Å². The zero-order chi connectivity index (χ0) is 18.2. The summed E-state index contributed by atoms with van der Waals surface area (Å²) in [6.45, 7) is 5.80. The number of β-amino-alcohol motifs (C(OH)–C–C–N with tert-alkyl or cyclic N) is 1. The number of amides is 1. The number of hydrogen-bond acceptors (Lipinski definition) is 4. The van der Waals surface area contributed by atoms with Gasteiger partial charge in [0.1, 0.15) is 5.60 Å². The summed E-state index contributed by atoms with van der Waals surface area (Å²) in [4.78, 5) is 18.6. The summed E-state index contributed by atoms with van der Waals surface area (Å²) < 4.78 is 6.52. The average Bonchev–Trinajstić information content (AvgIpc) is 3.12. The fourth-order valence-electron chi connectivity index (χ4n) is 3.14. The molecule has 134 valence electrons. The molecule has 2 aliphatic heterocycles. The topological polar surface area (TPSA) is 62.1 Å². The SMILES string of the molecule is CC(C)(C)OC(=O)N1CC(O)C[C@H]1C1=NC=C(c2ccc(Br)cc2)C1. The fourth-order valence-corrected chi connectivity index (χ4v) is 3.41. The molecule has 3 rings (SSSR count). The zero-order valence-corrected chi connectivity index (χ0v) is 16.3. The van der Waals surface area contributed by atoms with Gasteiger partial charge in [-0.2, -0.15) is 0 Å². The average molecular weight is 407 g/mol. The lowest BCUT2D eigenvalue weighted by Gasteiger charge is -2.28. The van der Waals surface area contributed by atoms with E-state index in [4.69, 9.17) is 4.74 Å². The summed E-state index contributed by atoms with van der Waals surface area (Å²) in [5.41, 5.74) is 2.57. The van der Waals surface area contributed by atoms with Crippen LogP contribution in [0.15, 0.2) is 39.9 Å². The Bertz CT molecular complexity index is 719. The minimum absolute atomic E-state index is 0.214. The molecule has 25 heavy (non-hydrogen) atoms. The van der Waals surface area contributed by atoms with E-state index in [1.54, 1.807) is 4.90 Å². The lowest BCUT2D eigenvalue weighted by atomic mass is 9.98. The first kappa shape index (κ1) is 18.1. The number of allylic oxidation sites excluding steroid dienone is 1. The largest absolute Gasteiger partial charge is 0.444 e. The van der Waals surface area contributed by atoms with Crippen molar-refractivity contribution in [3.8, 4) is 0 Å². The molecule has 2 atom stereocenters. The number of aliphatic hydroxyl groups excluding tert-OH is 1. The molecule has 0 saturated carbocycles. The van der Waals surface area contributed by atoms with Crippen LogP contribution in [0.25, 0.3) is 5.57 Å². The molecule has 1 saturated heterocycles. The van der Waals surface area contributed by atoms with Crippen molar-refractivity contribution in [1.29, 1.82) is 0 Å². The van der Waals surface area contributed by atoms with Gasteiger partial charge in [-0.05, 0) is 44.0 Å². The minimum atomic E-state index is -0.562. The maximum absolute atomic E-state index is 12.5. The maximum atomic E-state index is 12.5. The van der Waals surface area contributed by atoms with Crippen molar-refractivity contribution < 1.29 is 14.6 Å². The summed E-state index contributed by atoms with van der Waals surface area (Å²) in [6.07, 6.45) is 2.10. The van der Waals surface area contributed by atoms with Crippen molar-refractivity contribution in [2.24, 2.45) is 4.99 Å². The molecule has 0 aromatic heterocycles. The predicted octanol–water partition coefficient (Wildman–Crippen LogP) is 4.01. The highest BCUT2D eigenvalue weighted by atomic mass is 79.9. The van der Waals surface area contributed by atoms with Crippen LogP contribution in [0.2, 0.25) is 0 Å². The first-order valence-electron chi connectivity index (χ1n) is 8.42. The Hall–Kier alpha value is -1.66. The van der Waals surface area contributed by atoms with Gasteiger partial charge in [-0.25, -0.2) is 4.79 Å². The third-order valence-electron chi connectivity index (χ3n) is 4.26. The third-order valence-corrected chi connectivity index (χ3v) is 4.79. The predicted molar refractivity (Wildman–Crippen MR) is 102 cm³/mol. The molecule has 1 aromatic carbocycles. The summed E-state index contributed by atoms with van der Waals surface area (Å²) in [5, 5.41) is 10.1. The summed E-state index contributed by atoms with van der Waals surface area (Å²) in [5.74, 6) is 0. The van der Waals surface area contributed by atoms with Crippen molar-refractivity contribution in [2.75, 3.05) is 6.54 Å². The zero-order valence-electron chi connectivity index (χ0n) is 14.7. The molecule has 0 radical (unpaired) electrons. The number of hydrogen-bond donors (Lipinski definition) is 1. The van der Waals surface area contributed by atoms with Crippen molar-refractivity contribution in [3.63, 3.8) is 0 Å². The second-order valence-corrected chi connectivity index (χ2v) is 8.41. The van der Waals surface area contributed by atoms with E-state index in [9.17, 15) is 9.90 Å². The monoisotopic (exact) mass is 406 g/mol. The van der Waals surface area contributed by atoms with Gasteiger partial charge < -0.3 is 9.84 Å². The number of ether oxygens (including phenoxy) is 1. The molecule has 2 heterocycles. The minimum Gasteiger partial charge on any atom is -0.444 e. The number of aliphatic imine (C=N–C) groups is 1. The number of benzene rings is 1. The molecule has 1 unspecified atom stereocenters. The van der Waals surface area contributed by atoms with Gasteiger partial charge in [-0.15, -0.1) is 0 Å². The lowest BCUT2D eigenvalue weighted by Crippen LogP contribution is -2.43. The van der Waals surface area contributed by atoms with Crippen LogP contribution in [-0.4, -0.2) is 46.1 Å². The highest BCUT2D eigenvalue weighted by Crippen LogP contribution is 2.31. The lowest BCUT2D eigenvalue weighted by molar-refractivity contribution is 0.0243. The van der Waals surface area contributed by atoms with E-state index in [1.165, 1.54) is 0 Å². The van der Waals surface area contributed by atoms with E-state index < -0.39 is 17.8 Å². The van der Waals surface area contributed by atoms with E-state index in [-0.39, 0.29) is 12.6 Å². The molecular weight excluding hydrogens is 384 g/mol. The Morgan fingerprint density at radius 1 is 1.32 bits per heavy atom. The Morgan fingerprint density at radius 2 is 2.00 bits per heavy atom. The van der Waals surface area contributed by atoms with Crippen molar-refractivity contribution >= 4 is 33.3 Å². The second kappa shape index (κ2) is 6.92.